The third kappa shape index (κ3) is 1.53. The summed E-state index contributed by atoms with van der Waals surface area (Å²) in [5, 5.41) is 0. The first-order chi connectivity index (χ1) is 9.81. The Morgan fingerprint density at radius 1 is 0.950 bits per heavy atom. The van der Waals surface area contributed by atoms with Gasteiger partial charge in [0.15, 0.2) is 0 Å². The molecule has 0 saturated carbocycles. The third-order valence-corrected chi connectivity index (χ3v) is 5.86. The number of rotatable bonds is 0. The molecule has 0 unspecified atom stereocenters. The van der Waals surface area contributed by atoms with Crippen LogP contribution in [0.1, 0.15) is 36.2 Å². The Bertz CT molecular complexity index is 531. The lowest BCUT2D eigenvalue weighted by molar-refractivity contribution is 0.0753. The van der Waals surface area contributed by atoms with E-state index in [1.807, 2.05) is 0 Å². The summed E-state index contributed by atoms with van der Waals surface area (Å²) in [7, 11) is 0. The first-order valence-corrected chi connectivity index (χ1v) is 8.42. The van der Waals surface area contributed by atoms with Crippen LogP contribution in [0.2, 0.25) is 0 Å². The van der Waals surface area contributed by atoms with Crippen molar-refractivity contribution in [2.24, 2.45) is 11.8 Å². The van der Waals surface area contributed by atoms with Gasteiger partial charge in [-0.2, -0.15) is 0 Å². The van der Waals surface area contributed by atoms with Gasteiger partial charge in [0.05, 0.1) is 12.2 Å². The zero-order valence-electron chi connectivity index (χ0n) is 11.3. The SMILES string of the molecule is Brc1cc2c3c(c1)[C@@H]1OCC[C@@H]1CN3C[C@@H]1CCO[C@H]21. The standard InChI is InChI=1S/C16H18BrNO2/c17-11-5-12-14-13(6-11)16-10(2-4-20-16)8-18(14)7-9-1-3-19-15(9)12/h5-6,9-10,15-16H,1-4,7-8H2/t9-,10+,15-,16+. The largest absolute Gasteiger partial charge is 0.373 e. The molecular formula is C16H18BrNO2. The number of hydrogen-bond donors (Lipinski definition) is 0. The normalized spacial score (nSPS) is 37.5. The van der Waals surface area contributed by atoms with E-state index in [0.29, 0.717) is 24.0 Å². The van der Waals surface area contributed by atoms with Crippen LogP contribution in [0.4, 0.5) is 5.69 Å². The molecule has 0 amide bonds. The first kappa shape index (κ1) is 12.0. The summed E-state index contributed by atoms with van der Waals surface area (Å²) in [6.45, 7) is 4.15. The molecule has 5 rings (SSSR count). The van der Waals surface area contributed by atoms with Gasteiger partial charge in [-0.1, -0.05) is 15.9 Å². The van der Waals surface area contributed by atoms with E-state index in [2.05, 4.69) is 33.0 Å². The van der Waals surface area contributed by atoms with Crippen LogP contribution in [0.5, 0.6) is 0 Å². The molecule has 0 bridgehead atoms. The van der Waals surface area contributed by atoms with Crippen LogP contribution in [-0.2, 0) is 9.47 Å². The topological polar surface area (TPSA) is 21.7 Å². The summed E-state index contributed by atoms with van der Waals surface area (Å²) in [6.07, 6.45) is 3.01. The number of halogens is 1. The fourth-order valence-corrected chi connectivity index (χ4v) is 5.09. The molecule has 1 aromatic rings. The lowest BCUT2D eigenvalue weighted by Gasteiger charge is -2.45. The van der Waals surface area contributed by atoms with E-state index in [4.69, 9.17) is 9.47 Å². The highest BCUT2D eigenvalue weighted by molar-refractivity contribution is 9.10. The minimum Gasteiger partial charge on any atom is -0.373 e. The average Bonchev–Trinajstić information content (AvgIpc) is 3.06. The zero-order valence-corrected chi connectivity index (χ0v) is 12.9. The maximum atomic E-state index is 6.03. The Morgan fingerprint density at radius 2 is 1.50 bits per heavy atom. The molecule has 1 aromatic carbocycles. The molecule has 2 saturated heterocycles. The van der Waals surface area contributed by atoms with Crippen LogP contribution in [0.15, 0.2) is 16.6 Å². The maximum absolute atomic E-state index is 6.03. The van der Waals surface area contributed by atoms with Gasteiger partial charge in [-0.15, -0.1) is 0 Å². The van der Waals surface area contributed by atoms with Crippen molar-refractivity contribution >= 4 is 21.6 Å². The Kier molecular flexibility index (Phi) is 2.53. The lowest BCUT2D eigenvalue weighted by atomic mass is 9.81. The summed E-state index contributed by atoms with van der Waals surface area (Å²) in [5.41, 5.74) is 4.19. The van der Waals surface area contributed by atoms with Crippen molar-refractivity contribution in [3.8, 4) is 0 Å². The molecule has 0 aromatic heterocycles. The van der Waals surface area contributed by atoms with E-state index in [0.717, 1.165) is 26.3 Å². The van der Waals surface area contributed by atoms with Crippen LogP contribution in [0.3, 0.4) is 0 Å². The molecule has 4 aliphatic heterocycles. The van der Waals surface area contributed by atoms with Crippen molar-refractivity contribution in [3.05, 3.63) is 27.7 Å². The summed E-state index contributed by atoms with van der Waals surface area (Å²) in [4.78, 5) is 2.61. The molecule has 2 fully saturated rings. The molecule has 0 radical (unpaired) electrons. The van der Waals surface area contributed by atoms with E-state index in [9.17, 15) is 0 Å². The molecule has 4 atom stereocenters. The van der Waals surface area contributed by atoms with Crippen LogP contribution < -0.4 is 4.90 Å². The quantitative estimate of drug-likeness (QED) is 0.724. The van der Waals surface area contributed by atoms with Gasteiger partial charge in [-0.05, 0) is 25.0 Å². The Labute approximate surface area is 127 Å². The summed E-state index contributed by atoms with van der Waals surface area (Å²) in [5.74, 6) is 1.34. The number of ether oxygens (including phenoxy) is 2. The number of benzene rings is 1. The molecule has 4 heteroatoms. The Balaban J connectivity index is 1.73. The number of anilines is 1. The van der Waals surface area contributed by atoms with E-state index in [1.165, 1.54) is 34.1 Å². The first-order valence-electron chi connectivity index (χ1n) is 7.63. The number of nitrogens with zero attached hydrogens (tertiary/aromatic N) is 1. The molecule has 106 valence electrons. The van der Waals surface area contributed by atoms with E-state index >= 15 is 0 Å². The van der Waals surface area contributed by atoms with Gasteiger partial charge in [-0.25, -0.2) is 0 Å². The van der Waals surface area contributed by atoms with Crippen molar-refractivity contribution in [3.63, 3.8) is 0 Å². The van der Waals surface area contributed by atoms with Crippen molar-refractivity contribution in [2.45, 2.75) is 25.0 Å². The number of fused-ring (bicyclic) bond motifs is 4. The van der Waals surface area contributed by atoms with Crippen LogP contribution in [-0.4, -0.2) is 26.3 Å². The second-order valence-corrected chi connectivity index (χ2v) is 7.43. The average molecular weight is 336 g/mol. The van der Waals surface area contributed by atoms with E-state index in [-0.39, 0.29) is 0 Å². The van der Waals surface area contributed by atoms with Crippen LogP contribution >= 0.6 is 15.9 Å². The number of hydrogen-bond acceptors (Lipinski definition) is 3. The second kappa shape index (κ2) is 4.21. The third-order valence-electron chi connectivity index (χ3n) is 5.40. The van der Waals surface area contributed by atoms with Crippen molar-refractivity contribution in [1.29, 1.82) is 0 Å². The highest BCUT2D eigenvalue weighted by Gasteiger charge is 2.45. The maximum Gasteiger partial charge on any atom is 0.0891 e. The van der Waals surface area contributed by atoms with Gasteiger partial charge >= 0.3 is 0 Å². The van der Waals surface area contributed by atoms with Crippen LogP contribution in [0.25, 0.3) is 0 Å². The Hall–Kier alpha value is -0.580. The second-order valence-electron chi connectivity index (χ2n) is 6.52. The molecule has 4 heterocycles. The van der Waals surface area contributed by atoms with Gasteiger partial charge < -0.3 is 14.4 Å². The smallest absolute Gasteiger partial charge is 0.0891 e. The summed E-state index contributed by atoms with van der Waals surface area (Å²) in [6, 6.07) is 4.53. The highest BCUT2D eigenvalue weighted by Crippen LogP contribution is 2.53. The minimum absolute atomic E-state index is 0.301. The monoisotopic (exact) mass is 335 g/mol. The van der Waals surface area contributed by atoms with Gasteiger partial charge in [0.25, 0.3) is 0 Å². The summed E-state index contributed by atoms with van der Waals surface area (Å²) >= 11 is 3.69. The molecule has 0 N–H and O–H groups in total. The fourth-order valence-electron chi connectivity index (χ4n) is 4.59. The van der Waals surface area contributed by atoms with Crippen molar-refractivity contribution in [1.82, 2.24) is 0 Å². The van der Waals surface area contributed by atoms with Crippen molar-refractivity contribution < 1.29 is 9.47 Å². The van der Waals surface area contributed by atoms with E-state index in [1.54, 1.807) is 0 Å². The van der Waals surface area contributed by atoms with Gasteiger partial charge in [0, 0.05) is 59.4 Å². The zero-order chi connectivity index (χ0) is 13.3. The van der Waals surface area contributed by atoms with Gasteiger partial charge in [0.2, 0.25) is 0 Å². The fraction of sp³-hybridized carbons (Fsp3) is 0.625. The molecule has 20 heavy (non-hydrogen) atoms. The molecular weight excluding hydrogens is 318 g/mol. The van der Waals surface area contributed by atoms with Crippen molar-refractivity contribution in [2.75, 3.05) is 31.2 Å². The minimum atomic E-state index is 0.301. The van der Waals surface area contributed by atoms with E-state index < -0.39 is 0 Å². The van der Waals surface area contributed by atoms with Gasteiger partial charge in [-0.3, -0.25) is 0 Å². The highest BCUT2D eigenvalue weighted by atomic mass is 79.9. The van der Waals surface area contributed by atoms with Gasteiger partial charge in [0.1, 0.15) is 0 Å². The van der Waals surface area contributed by atoms with Crippen LogP contribution in [0, 0.1) is 11.8 Å². The molecule has 4 aliphatic rings. The molecule has 0 aliphatic carbocycles. The Morgan fingerprint density at radius 3 is 2.05 bits per heavy atom. The lowest BCUT2D eigenvalue weighted by Crippen LogP contribution is -2.43. The summed E-state index contributed by atoms with van der Waals surface area (Å²) < 4.78 is 13.2. The molecule has 3 nitrogen and oxygen atoms in total. The predicted molar refractivity (Wildman–Crippen MR) is 80.0 cm³/mol. The molecule has 0 spiro atoms. The predicted octanol–water partition coefficient (Wildman–Crippen LogP) is 3.44.